The fourth-order valence-electron chi connectivity index (χ4n) is 4.05. The molecular weight excluding hydrogens is 390 g/mol. The van der Waals surface area contributed by atoms with E-state index in [1.807, 2.05) is 6.07 Å². The largest absolute Gasteiger partial charge is 0.490 e. The van der Waals surface area contributed by atoms with Crippen molar-refractivity contribution in [3.63, 3.8) is 0 Å². The molecule has 1 radical (unpaired) electrons. The van der Waals surface area contributed by atoms with Crippen LogP contribution >= 0.6 is 11.8 Å². The maximum Gasteiger partial charge on any atom is 0.173 e. The minimum Gasteiger partial charge on any atom is -0.490 e. The molecule has 0 fully saturated rings. The fraction of sp³-hybridized carbons (Fsp3) is 0.200. The first-order valence-electron chi connectivity index (χ1n) is 10.1. The van der Waals surface area contributed by atoms with Gasteiger partial charge in [0.1, 0.15) is 11.9 Å². The number of thioether (sulfide) groups is 1. The third-order valence-electron chi connectivity index (χ3n) is 5.59. The second-order valence-corrected chi connectivity index (χ2v) is 8.35. The minimum atomic E-state index is 0.143. The van der Waals surface area contributed by atoms with Gasteiger partial charge in [0, 0.05) is 30.3 Å². The summed E-state index contributed by atoms with van der Waals surface area (Å²) in [5.41, 5.74) is 8.08. The molecule has 151 valence electrons. The SMILES string of the molecule is CSc1nc2ccccc2n1-c1cccc(CNc2ccc3c(c2)OC(C)[CH]3)c1C. The van der Waals surface area contributed by atoms with E-state index in [1.165, 1.54) is 22.4 Å². The lowest BCUT2D eigenvalue weighted by molar-refractivity contribution is 0.281. The Morgan fingerprint density at radius 2 is 1.97 bits per heavy atom. The molecule has 0 spiro atoms. The third-order valence-corrected chi connectivity index (χ3v) is 6.23. The number of hydrogen-bond acceptors (Lipinski definition) is 4. The number of fused-ring (bicyclic) bond motifs is 2. The van der Waals surface area contributed by atoms with Crippen LogP contribution in [0.3, 0.4) is 0 Å². The van der Waals surface area contributed by atoms with Gasteiger partial charge in [0.25, 0.3) is 0 Å². The van der Waals surface area contributed by atoms with E-state index in [9.17, 15) is 0 Å². The van der Waals surface area contributed by atoms with Crippen molar-refractivity contribution in [2.45, 2.75) is 31.7 Å². The van der Waals surface area contributed by atoms with Crippen LogP contribution in [0.1, 0.15) is 23.6 Å². The summed E-state index contributed by atoms with van der Waals surface area (Å²) >= 11 is 1.67. The molecule has 1 atom stereocenters. The summed E-state index contributed by atoms with van der Waals surface area (Å²) in [6.07, 6.45) is 4.36. The summed E-state index contributed by atoms with van der Waals surface area (Å²) in [5, 5.41) is 4.57. The molecule has 1 N–H and O–H groups in total. The quantitative estimate of drug-likeness (QED) is 0.407. The fourth-order valence-corrected chi connectivity index (χ4v) is 4.61. The van der Waals surface area contributed by atoms with Crippen LogP contribution in [0.2, 0.25) is 0 Å². The van der Waals surface area contributed by atoms with Crippen molar-refractivity contribution in [3.05, 3.63) is 83.8 Å². The van der Waals surface area contributed by atoms with Crippen molar-refractivity contribution in [2.24, 2.45) is 0 Å². The van der Waals surface area contributed by atoms with E-state index in [0.717, 1.165) is 34.2 Å². The summed E-state index contributed by atoms with van der Waals surface area (Å²) in [4.78, 5) is 4.80. The average Bonchev–Trinajstić information content (AvgIpc) is 3.31. The maximum atomic E-state index is 5.85. The van der Waals surface area contributed by atoms with E-state index >= 15 is 0 Å². The molecule has 1 unspecified atom stereocenters. The number of hydrogen-bond donors (Lipinski definition) is 1. The number of aromatic nitrogens is 2. The van der Waals surface area contributed by atoms with Gasteiger partial charge in [-0.3, -0.25) is 4.57 Å². The molecule has 0 amide bonds. The Balaban J connectivity index is 1.46. The molecule has 0 saturated heterocycles. The van der Waals surface area contributed by atoms with Gasteiger partial charge in [-0.25, -0.2) is 4.98 Å². The first-order valence-corrected chi connectivity index (χ1v) is 11.4. The number of anilines is 1. The number of ether oxygens (including phenoxy) is 1. The summed E-state index contributed by atoms with van der Waals surface area (Å²) in [6, 6.07) is 21.1. The van der Waals surface area contributed by atoms with E-state index in [4.69, 9.17) is 9.72 Å². The van der Waals surface area contributed by atoms with Crippen molar-refractivity contribution >= 4 is 28.5 Å². The Kier molecular flexibility index (Phi) is 4.91. The number of para-hydroxylation sites is 2. The van der Waals surface area contributed by atoms with Gasteiger partial charge in [0.2, 0.25) is 0 Å². The van der Waals surface area contributed by atoms with Crippen LogP contribution < -0.4 is 10.1 Å². The Morgan fingerprint density at radius 1 is 1.10 bits per heavy atom. The van der Waals surface area contributed by atoms with E-state index in [1.54, 1.807) is 11.8 Å². The normalized spacial score (nSPS) is 15.2. The van der Waals surface area contributed by atoms with Crippen LogP contribution in [-0.4, -0.2) is 21.9 Å². The van der Waals surface area contributed by atoms with Crippen LogP contribution in [0, 0.1) is 13.3 Å². The first-order chi connectivity index (χ1) is 14.6. The molecule has 1 aliphatic heterocycles. The van der Waals surface area contributed by atoms with Crippen LogP contribution in [0.25, 0.3) is 16.7 Å². The highest BCUT2D eigenvalue weighted by Gasteiger charge is 2.19. The zero-order chi connectivity index (χ0) is 20.7. The number of nitrogens with one attached hydrogen (secondary N) is 1. The minimum absolute atomic E-state index is 0.143. The molecule has 4 nitrogen and oxygen atoms in total. The van der Waals surface area contributed by atoms with Crippen LogP contribution in [0.5, 0.6) is 5.75 Å². The van der Waals surface area contributed by atoms with Crippen LogP contribution in [-0.2, 0) is 6.54 Å². The lowest BCUT2D eigenvalue weighted by Gasteiger charge is -2.16. The van der Waals surface area contributed by atoms with Gasteiger partial charge in [-0.1, -0.05) is 42.1 Å². The lowest BCUT2D eigenvalue weighted by atomic mass is 10.1. The lowest BCUT2D eigenvalue weighted by Crippen LogP contribution is -2.06. The van der Waals surface area contributed by atoms with Gasteiger partial charge in [-0.05, 0) is 55.5 Å². The van der Waals surface area contributed by atoms with Gasteiger partial charge in [-0.2, -0.15) is 0 Å². The van der Waals surface area contributed by atoms with Crippen molar-refractivity contribution in [1.29, 1.82) is 0 Å². The van der Waals surface area contributed by atoms with Crippen molar-refractivity contribution in [1.82, 2.24) is 9.55 Å². The van der Waals surface area contributed by atoms with E-state index in [0.29, 0.717) is 0 Å². The zero-order valence-electron chi connectivity index (χ0n) is 17.3. The van der Waals surface area contributed by atoms with Crippen LogP contribution in [0.15, 0.2) is 65.8 Å². The molecule has 2 heterocycles. The highest BCUT2D eigenvalue weighted by atomic mass is 32.2. The predicted octanol–water partition coefficient (Wildman–Crippen LogP) is 6.00. The summed E-state index contributed by atoms with van der Waals surface area (Å²) in [5.74, 6) is 0.951. The smallest absolute Gasteiger partial charge is 0.173 e. The standard InChI is InChI=1S/C25H24N3OS/c1-16-13-18-11-12-20(14-24(18)29-16)26-15-19-7-6-10-22(17(19)2)28-23-9-5-4-8-21(23)27-25(28)30-3/h4-14,16,26H,15H2,1-3H3. The van der Waals surface area contributed by atoms with Gasteiger partial charge in [0.15, 0.2) is 5.16 Å². The second-order valence-electron chi connectivity index (χ2n) is 7.58. The number of imidazole rings is 1. The first kappa shape index (κ1) is 19.1. The molecule has 1 aromatic heterocycles. The average molecular weight is 415 g/mol. The van der Waals surface area contributed by atoms with E-state index < -0.39 is 0 Å². The monoisotopic (exact) mass is 414 g/mol. The van der Waals surface area contributed by atoms with Gasteiger partial charge in [-0.15, -0.1) is 0 Å². The number of nitrogens with zero attached hydrogens (tertiary/aromatic N) is 2. The maximum absolute atomic E-state index is 5.85. The summed E-state index contributed by atoms with van der Waals surface area (Å²) < 4.78 is 8.11. The van der Waals surface area contributed by atoms with E-state index in [2.05, 4.69) is 91.0 Å². The topological polar surface area (TPSA) is 39.1 Å². The summed E-state index contributed by atoms with van der Waals surface area (Å²) in [6.45, 7) is 5.00. The Hall–Kier alpha value is -2.92. The highest BCUT2D eigenvalue weighted by molar-refractivity contribution is 7.98. The molecular formula is C25H24N3OS. The number of rotatable bonds is 5. The molecule has 0 aliphatic carbocycles. The molecule has 3 aromatic carbocycles. The van der Waals surface area contributed by atoms with Gasteiger partial charge in [0.05, 0.1) is 16.7 Å². The molecule has 0 bridgehead atoms. The van der Waals surface area contributed by atoms with Crippen LogP contribution in [0.4, 0.5) is 5.69 Å². The summed E-state index contributed by atoms with van der Waals surface area (Å²) in [7, 11) is 0. The molecule has 5 rings (SSSR count). The highest BCUT2D eigenvalue weighted by Crippen LogP contribution is 2.33. The van der Waals surface area contributed by atoms with Crippen molar-refractivity contribution in [3.8, 4) is 11.4 Å². The zero-order valence-corrected chi connectivity index (χ0v) is 18.2. The molecule has 1 aliphatic rings. The molecule has 5 heteroatoms. The Morgan fingerprint density at radius 3 is 2.83 bits per heavy atom. The van der Waals surface area contributed by atoms with Gasteiger partial charge < -0.3 is 10.1 Å². The Bertz CT molecular complexity index is 1230. The van der Waals surface area contributed by atoms with Gasteiger partial charge >= 0.3 is 0 Å². The molecule has 0 saturated carbocycles. The third kappa shape index (κ3) is 3.33. The van der Waals surface area contributed by atoms with E-state index in [-0.39, 0.29) is 6.10 Å². The van der Waals surface area contributed by atoms with Crippen molar-refractivity contribution < 1.29 is 4.74 Å². The van der Waals surface area contributed by atoms with Crippen molar-refractivity contribution in [2.75, 3.05) is 11.6 Å². The predicted molar refractivity (Wildman–Crippen MR) is 125 cm³/mol. The number of benzene rings is 3. The Labute approximate surface area is 181 Å². The second kappa shape index (κ2) is 7.73. The molecule has 4 aromatic rings. The molecule has 30 heavy (non-hydrogen) atoms.